The van der Waals surface area contributed by atoms with Gasteiger partial charge in [-0.2, -0.15) is 4.31 Å². The molecule has 0 spiro atoms. The van der Waals surface area contributed by atoms with E-state index in [1.807, 2.05) is 24.3 Å². The minimum Gasteiger partial charge on any atom is -0.495 e. The third kappa shape index (κ3) is 3.49. The van der Waals surface area contributed by atoms with Gasteiger partial charge in [-0.3, -0.25) is 10.1 Å². The van der Waals surface area contributed by atoms with Gasteiger partial charge in [-0.25, -0.2) is 8.42 Å². The highest BCUT2D eigenvalue weighted by Crippen LogP contribution is 2.29. The maximum absolute atomic E-state index is 12.8. The summed E-state index contributed by atoms with van der Waals surface area (Å²) in [6, 6.07) is 12.7. The molecule has 1 aliphatic heterocycles. The zero-order valence-corrected chi connectivity index (χ0v) is 15.1. The van der Waals surface area contributed by atoms with Crippen LogP contribution in [0.15, 0.2) is 53.4 Å². The molecule has 26 heavy (non-hydrogen) atoms. The second kappa shape index (κ2) is 7.30. The molecule has 0 N–H and O–H groups in total. The van der Waals surface area contributed by atoms with Crippen LogP contribution in [0.25, 0.3) is 0 Å². The van der Waals surface area contributed by atoms with Crippen LogP contribution in [0.3, 0.4) is 0 Å². The zero-order chi connectivity index (χ0) is 18.7. The van der Waals surface area contributed by atoms with Crippen LogP contribution in [-0.2, 0) is 10.0 Å². The topological polar surface area (TPSA) is 93.0 Å². The Kier molecular flexibility index (Phi) is 5.10. The number of sulfonamides is 1. The van der Waals surface area contributed by atoms with Gasteiger partial charge in [0.05, 0.1) is 22.6 Å². The van der Waals surface area contributed by atoms with Crippen LogP contribution in [-0.4, -0.2) is 50.9 Å². The minimum absolute atomic E-state index is 0.0579. The molecule has 0 radical (unpaired) electrons. The van der Waals surface area contributed by atoms with Gasteiger partial charge in [-0.1, -0.05) is 18.2 Å². The number of methoxy groups -OCH3 is 1. The molecule has 3 rings (SSSR count). The summed E-state index contributed by atoms with van der Waals surface area (Å²) in [5.74, 6) is 0.738. The van der Waals surface area contributed by atoms with Crippen molar-refractivity contribution in [3.05, 3.63) is 58.6 Å². The van der Waals surface area contributed by atoms with Gasteiger partial charge in [0.15, 0.2) is 0 Å². The Morgan fingerprint density at radius 2 is 1.73 bits per heavy atom. The second-order valence-corrected chi connectivity index (χ2v) is 7.76. The predicted molar refractivity (Wildman–Crippen MR) is 97.1 cm³/mol. The third-order valence-corrected chi connectivity index (χ3v) is 6.23. The van der Waals surface area contributed by atoms with Gasteiger partial charge in [-0.05, 0) is 18.2 Å². The summed E-state index contributed by atoms with van der Waals surface area (Å²) in [4.78, 5) is 12.3. The molecule has 0 atom stereocenters. The molecule has 8 nitrogen and oxygen atoms in total. The lowest BCUT2D eigenvalue weighted by Crippen LogP contribution is -2.48. The molecule has 0 bridgehead atoms. The van der Waals surface area contributed by atoms with Crippen molar-refractivity contribution in [3.63, 3.8) is 0 Å². The fraction of sp³-hybridized carbons (Fsp3) is 0.294. The van der Waals surface area contributed by atoms with Crippen molar-refractivity contribution in [2.24, 2.45) is 0 Å². The van der Waals surface area contributed by atoms with Gasteiger partial charge in [0.1, 0.15) is 5.75 Å². The molecule has 1 aliphatic rings. The first-order chi connectivity index (χ1) is 12.4. The summed E-state index contributed by atoms with van der Waals surface area (Å²) in [5.41, 5.74) is 0.682. The monoisotopic (exact) mass is 377 g/mol. The summed E-state index contributed by atoms with van der Waals surface area (Å²) < 4.78 is 32.3. The largest absolute Gasteiger partial charge is 0.495 e. The number of nitro benzene ring substituents is 1. The molecule has 1 saturated heterocycles. The molecule has 0 unspecified atom stereocenters. The summed E-state index contributed by atoms with van der Waals surface area (Å²) in [6.45, 7) is 1.61. The Hall–Kier alpha value is -2.65. The number of hydrogen-bond donors (Lipinski definition) is 0. The quantitative estimate of drug-likeness (QED) is 0.585. The minimum atomic E-state index is -3.77. The lowest BCUT2D eigenvalue weighted by atomic mass is 10.2. The summed E-state index contributed by atoms with van der Waals surface area (Å²) in [7, 11) is -2.17. The molecule has 0 aliphatic carbocycles. The number of para-hydroxylation sites is 2. The smallest absolute Gasteiger partial charge is 0.270 e. The zero-order valence-electron chi connectivity index (χ0n) is 14.2. The van der Waals surface area contributed by atoms with E-state index in [1.54, 1.807) is 7.11 Å². The SMILES string of the molecule is COc1ccccc1N1CCN(S(=O)(=O)c2cccc([N+](=O)[O-])c2)CC1. The Bertz CT molecular complexity index is 908. The molecule has 0 saturated carbocycles. The molecule has 2 aromatic rings. The van der Waals surface area contributed by atoms with E-state index in [4.69, 9.17) is 4.74 Å². The highest BCUT2D eigenvalue weighted by molar-refractivity contribution is 7.89. The van der Waals surface area contributed by atoms with Crippen LogP contribution in [0.4, 0.5) is 11.4 Å². The molecule has 138 valence electrons. The molecule has 0 amide bonds. The highest BCUT2D eigenvalue weighted by Gasteiger charge is 2.30. The van der Waals surface area contributed by atoms with Crippen LogP contribution in [0, 0.1) is 10.1 Å². The van der Waals surface area contributed by atoms with Crippen molar-refractivity contribution in [1.29, 1.82) is 0 Å². The van der Waals surface area contributed by atoms with E-state index in [1.165, 1.54) is 22.5 Å². The van der Waals surface area contributed by atoms with E-state index < -0.39 is 14.9 Å². The van der Waals surface area contributed by atoms with Gasteiger partial charge < -0.3 is 9.64 Å². The summed E-state index contributed by atoms with van der Waals surface area (Å²) in [6.07, 6.45) is 0. The highest BCUT2D eigenvalue weighted by atomic mass is 32.2. The van der Waals surface area contributed by atoms with Gasteiger partial charge in [0, 0.05) is 38.3 Å². The van der Waals surface area contributed by atoms with Crippen molar-refractivity contribution in [1.82, 2.24) is 4.31 Å². The fourth-order valence-electron chi connectivity index (χ4n) is 2.97. The standard InChI is InChI=1S/C17H19N3O5S/c1-25-17-8-3-2-7-16(17)18-9-11-19(12-10-18)26(23,24)15-6-4-5-14(13-15)20(21)22/h2-8,13H,9-12H2,1H3. The normalized spacial score (nSPS) is 15.7. The molecule has 0 aromatic heterocycles. The molecule has 1 heterocycles. The first-order valence-electron chi connectivity index (χ1n) is 8.06. The number of anilines is 1. The maximum atomic E-state index is 12.8. The van der Waals surface area contributed by atoms with E-state index in [0.29, 0.717) is 26.2 Å². The molecular weight excluding hydrogens is 358 g/mol. The Labute approximate surface area is 151 Å². The van der Waals surface area contributed by atoms with E-state index >= 15 is 0 Å². The fourth-order valence-corrected chi connectivity index (χ4v) is 4.43. The molecule has 2 aromatic carbocycles. The average molecular weight is 377 g/mol. The second-order valence-electron chi connectivity index (χ2n) is 5.82. The van der Waals surface area contributed by atoms with Crippen LogP contribution in [0.5, 0.6) is 5.75 Å². The molecule has 9 heteroatoms. The number of rotatable bonds is 5. The van der Waals surface area contributed by atoms with E-state index in [9.17, 15) is 18.5 Å². The lowest BCUT2D eigenvalue weighted by molar-refractivity contribution is -0.385. The Morgan fingerprint density at radius 1 is 1.04 bits per heavy atom. The summed E-state index contributed by atoms with van der Waals surface area (Å²) >= 11 is 0. The van der Waals surface area contributed by atoms with Crippen LogP contribution in [0.1, 0.15) is 0 Å². The van der Waals surface area contributed by atoms with Gasteiger partial charge in [-0.15, -0.1) is 0 Å². The third-order valence-electron chi connectivity index (χ3n) is 4.33. The Balaban J connectivity index is 1.77. The predicted octanol–water partition coefficient (Wildman–Crippen LogP) is 2.11. The van der Waals surface area contributed by atoms with Crippen LogP contribution < -0.4 is 9.64 Å². The number of nitro groups is 1. The number of ether oxygens (including phenoxy) is 1. The van der Waals surface area contributed by atoms with Crippen LogP contribution in [0.2, 0.25) is 0 Å². The number of hydrogen-bond acceptors (Lipinski definition) is 6. The first-order valence-corrected chi connectivity index (χ1v) is 9.50. The van der Waals surface area contributed by atoms with Crippen molar-refractivity contribution in [3.8, 4) is 5.75 Å². The molecular formula is C17H19N3O5S. The van der Waals surface area contributed by atoms with E-state index in [0.717, 1.165) is 17.5 Å². The maximum Gasteiger partial charge on any atom is 0.270 e. The van der Waals surface area contributed by atoms with Gasteiger partial charge in [0.2, 0.25) is 10.0 Å². The summed E-state index contributed by atoms with van der Waals surface area (Å²) in [5, 5.41) is 10.9. The number of benzene rings is 2. The van der Waals surface area contributed by atoms with Crippen molar-refractivity contribution in [2.75, 3.05) is 38.2 Å². The number of piperazine rings is 1. The molecule has 1 fully saturated rings. The number of non-ortho nitro benzene ring substituents is 1. The van der Waals surface area contributed by atoms with Crippen molar-refractivity contribution in [2.45, 2.75) is 4.90 Å². The average Bonchev–Trinajstić information content (AvgIpc) is 2.68. The van der Waals surface area contributed by atoms with Crippen molar-refractivity contribution >= 4 is 21.4 Å². The Morgan fingerprint density at radius 3 is 2.38 bits per heavy atom. The van der Waals surface area contributed by atoms with Crippen molar-refractivity contribution < 1.29 is 18.1 Å². The lowest BCUT2D eigenvalue weighted by Gasteiger charge is -2.35. The van der Waals surface area contributed by atoms with E-state index in [-0.39, 0.29) is 10.6 Å². The van der Waals surface area contributed by atoms with Gasteiger partial charge >= 0.3 is 0 Å². The van der Waals surface area contributed by atoms with E-state index in [2.05, 4.69) is 4.90 Å². The van der Waals surface area contributed by atoms with Gasteiger partial charge in [0.25, 0.3) is 5.69 Å². The first kappa shape index (κ1) is 18.2. The van der Waals surface area contributed by atoms with Crippen LogP contribution >= 0.6 is 0 Å². The number of nitrogens with zero attached hydrogens (tertiary/aromatic N) is 3.